The summed E-state index contributed by atoms with van der Waals surface area (Å²) in [5.41, 5.74) is 0. The molecule has 67 heavy (non-hydrogen) atoms. The third-order valence-corrected chi connectivity index (χ3v) is 12.1. The number of carbonyl (C=O) groups is 2. The van der Waals surface area contributed by atoms with Crippen LogP contribution in [0.2, 0.25) is 0 Å². The number of unbranched alkanes of at least 4 members (excludes halogenated alkanes) is 27. The lowest BCUT2D eigenvalue weighted by Gasteiger charge is -2.15. The van der Waals surface area contributed by atoms with Gasteiger partial charge in [0.2, 0.25) is 0 Å². The van der Waals surface area contributed by atoms with E-state index < -0.39 is 6.10 Å². The maximum absolute atomic E-state index is 12.3. The van der Waals surface area contributed by atoms with Crippen molar-refractivity contribution in [1.29, 1.82) is 0 Å². The zero-order chi connectivity index (χ0) is 48.5. The molecule has 1 atom stereocenters. The lowest BCUT2D eigenvalue weighted by Crippen LogP contribution is -2.28. The normalized spacial score (nSPS) is 12.9. The number of ether oxygens (including phenoxy) is 2. The highest BCUT2D eigenvalue weighted by molar-refractivity contribution is 5.70. The largest absolute Gasteiger partial charge is 0.462 e. The molecule has 0 spiro atoms. The number of carbonyl (C=O) groups excluding carboxylic acids is 2. The molecule has 1 unspecified atom stereocenters. The van der Waals surface area contributed by atoms with Crippen molar-refractivity contribution in [3.05, 3.63) is 97.2 Å². The molecule has 0 aliphatic heterocycles. The standard InChI is InChI=1S/C62H106O5/c1-3-5-7-9-11-13-15-17-19-20-21-22-23-24-25-26-27-28-29-30-31-32-33-34-35-36-37-38-39-40-41-42-43-45-47-49-51-53-55-57-62(65)67-60(58-63)59-66-61(64)56-54-52-50-48-46-44-18-16-14-12-10-8-6-4-2/h5,7,10-13,16-19,21-22,24-25,27-28,60,63H,3-4,6,8-9,14-15,20,23,26,29-59H2,1-2H3/b7-5-,12-10-,13-11-,18-16-,19-17-,22-21-,25-24-,28-27-. The summed E-state index contributed by atoms with van der Waals surface area (Å²) in [5.74, 6) is -0.602. The Morgan fingerprint density at radius 2 is 0.642 bits per heavy atom. The van der Waals surface area contributed by atoms with Gasteiger partial charge in [-0.1, -0.05) is 259 Å². The van der Waals surface area contributed by atoms with Crippen molar-refractivity contribution in [1.82, 2.24) is 0 Å². The molecule has 0 saturated heterocycles. The minimum Gasteiger partial charge on any atom is -0.462 e. The lowest BCUT2D eigenvalue weighted by atomic mass is 10.0. The highest BCUT2D eigenvalue weighted by Gasteiger charge is 2.16. The van der Waals surface area contributed by atoms with Gasteiger partial charge in [-0.2, -0.15) is 0 Å². The summed E-state index contributed by atoms with van der Waals surface area (Å²) in [7, 11) is 0. The fourth-order valence-corrected chi connectivity index (χ4v) is 7.87. The molecule has 0 aromatic carbocycles. The van der Waals surface area contributed by atoms with Gasteiger partial charge < -0.3 is 14.6 Å². The summed E-state index contributed by atoms with van der Waals surface area (Å²) >= 11 is 0. The Morgan fingerprint density at radius 1 is 0.358 bits per heavy atom. The van der Waals surface area contributed by atoms with Gasteiger partial charge >= 0.3 is 11.9 Å². The summed E-state index contributed by atoms with van der Waals surface area (Å²) < 4.78 is 10.7. The van der Waals surface area contributed by atoms with Crippen LogP contribution in [0.1, 0.15) is 264 Å². The summed E-state index contributed by atoms with van der Waals surface area (Å²) in [6.45, 7) is 3.98. The van der Waals surface area contributed by atoms with Crippen LogP contribution in [0.25, 0.3) is 0 Å². The van der Waals surface area contributed by atoms with Crippen molar-refractivity contribution in [2.45, 2.75) is 270 Å². The molecule has 0 heterocycles. The van der Waals surface area contributed by atoms with E-state index in [0.29, 0.717) is 12.8 Å². The molecule has 0 saturated carbocycles. The lowest BCUT2D eigenvalue weighted by molar-refractivity contribution is -0.161. The highest BCUT2D eigenvalue weighted by atomic mass is 16.6. The quantitative estimate of drug-likeness (QED) is 0.0374. The average molecular weight is 932 g/mol. The predicted octanol–water partition coefficient (Wildman–Crippen LogP) is 19.1. The monoisotopic (exact) mass is 931 g/mol. The third-order valence-electron chi connectivity index (χ3n) is 12.1. The van der Waals surface area contributed by atoms with E-state index in [9.17, 15) is 14.7 Å². The first-order chi connectivity index (χ1) is 33.1. The third kappa shape index (κ3) is 55.3. The van der Waals surface area contributed by atoms with Gasteiger partial charge in [-0.15, -0.1) is 0 Å². The number of aliphatic hydroxyl groups excluding tert-OH is 1. The molecule has 0 aromatic rings. The van der Waals surface area contributed by atoms with Gasteiger partial charge in [-0.25, -0.2) is 0 Å². The van der Waals surface area contributed by atoms with Crippen LogP contribution < -0.4 is 0 Å². The van der Waals surface area contributed by atoms with Gasteiger partial charge in [0.05, 0.1) is 6.61 Å². The summed E-state index contributed by atoms with van der Waals surface area (Å²) in [5, 5.41) is 9.62. The summed E-state index contributed by atoms with van der Waals surface area (Å²) in [6.07, 6.45) is 81.1. The molecule has 0 aliphatic carbocycles. The molecule has 384 valence electrons. The first-order valence-corrected chi connectivity index (χ1v) is 28.3. The summed E-state index contributed by atoms with van der Waals surface area (Å²) in [6, 6.07) is 0. The molecule has 0 amide bonds. The number of hydrogen-bond donors (Lipinski definition) is 1. The molecule has 0 radical (unpaired) electrons. The Balaban J connectivity index is 3.45. The first-order valence-electron chi connectivity index (χ1n) is 28.3. The molecule has 0 aliphatic rings. The summed E-state index contributed by atoms with van der Waals surface area (Å²) in [4.78, 5) is 24.4. The topological polar surface area (TPSA) is 72.8 Å². The van der Waals surface area contributed by atoms with Crippen molar-refractivity contribution < 1.29 is 24.2 Å². The van der Waals surface area contributed by atoms with Crippen molar-refractivity contribution in [3.63, 3.8) is 0 Å². The predicted molar refractivity (Wildman–Crippen MR) is 292 cm³/mol. The van der Waals surface area contributed by atoms with Gasteiger partial charge in [-0.05, 0) is 89.9 Å². The second-order valence-corrected chi connectivity index (χ2v) is 18.6. The molecule has 0 aromatic heterocycles. The van der Waals surface area contributed by atoms with E-state index in [1.807, 2.05) is 0 Å². The van der Waals surface area contributed by atoms with Crippen molar-refractivity contribution >= 4 is 11.9 Å². The van der Waals surface area contributed by atoms with Crippen LogP contribution in [0.5, 0.6) is 0 Å². The second kappa shape index (κ2) is 57.1. The van der Waals surface area contributed by atoms with E-state index >= 15 is 0 Å². The minimum absolute atomic E-state index is 0.0737. The number of allylic oxidation sites excluding steroid dienone is 16. The minimum atomic E-state index is -0.780. The number of hydrogen-bond acceptors (Lipinski definition) is 5. The van der Waals surface area contributed by atoms with Crippen LogP contribution in [0.3, 0.4) is 0 Å². The Bertz CT molecular complexity index is 1280. The average Bonchev–Trinajstić information content (AvgIpc) is 3.33. The zero-order valence-corrected chi connectivity index (χ0v) is 43.9. The first kappa shape index (κ1) is 63.8. The molecule has 1 N–H and O–H groups in total. The highest BCUT2D eigenvalue weighted by Crippen LogP contribution is 2.16. The van der Waals surface area contributed by atoms with Gasteiger partial charge in [0, 0.05) is 12.8 Å². The maximum atomic E-state index is 12.3. The Labute approximate surface area is 415 Å². The van der Waals surface area contributed by atoms with Gasteiger partial charge in [0.25, 0.3) is 0 Å². The van der Waals surface area contributed by atoms with Crippen LogP contribution in [0.15, 0.2) is 97.2 Å². The fraction of sp³-hybridized carbons (Fsp3) is 0.710. The fourth-order valence-electron chi connectivity index (χ4n) is 7.87. The van der Waals surface area contributed by atoms with Crippen molar-refractivity contribution in [2.75, 3.05) is 13.2 Å². The van der Waals surface area contributed by atoms with E-state index in [-0.39, 0.29) is 25.2 Å². The SMILES string of the molecule is CC/C=C\C/C=C\C/C=C\C/C=C\C/C=C\C/C=C\CCCCCCCCCCCCCCCCCCCCCCC(=O)OC(CO)COC(=O)CCCCCCC/C=C\C/C=C\CCCC. The van der Waals surface area contributed by atoms with Gasteiger partial charge in [-0.3, -0.25) is 9.59 Å². The van der Waals surface area contributed by atoms with Crippen LogP contribution in [0.4, 0.5) is 0 Å². The molecule has 5 nitrogen and oxygen atoms in total. The number of esters is 2. The van der Waals surface area contributed by atoms with Crippen LogP contribution in [-0.4, -0.2) is 36.4 Å². The van der Waals surface area contributed by atoms with E-state index in [4.69, 9.17) is 9.47 Å². The number of rotatable bonds is 51. The number of aliphatic hydroxyl groups is 1. The van der Waals surface area contributed by atoms with Crippen LogP contribution in [0, 0.1) is 0 Å². The van der Waals surface area contributed by atoms with Crippen LogP contribution >= 0.6 is 0 Å². The molecule has 0 bridgehead atoms. The van der Waals surface area contributed by atoms with Gasteiger partial charge in [0.1, 0.15) is 6.61 Å². The Hall–Kier alpha value is -3.18. The Kier molecular flexibility index (Phi) is 54.4. The molecular weight excluding hydrogens is 825 g/mol. The van der Waals surface area contributed by atoms with E-state index in [1.165, 1.54) is 148 Å². The van der Waals surface area contributed by atoms with Crippen molar-refractivity contribution in [2.24, 2.45) is 0 Å². The van der Waals surface area contributed by atoms with E-state index in [0.717, 1.165) is 89.9 Å². The molecule has 0 fully saturated rings. The molecular formula is C62H106O5. The van der Waals surface area contributed by atoms with Gasteiger partial charge in [0.15, 0.2) is 6.10 Å². The zero-order valence-electron chi connectivity index (χ0n) is 43.9. The molecule has 5 heteroatoms. The van der Waals surface area contributed by atoms with Crippen molar-refractivity contribution in [3.8, 4) is 0 Å². The maximum Gasteiger partial charge on any atom is 0.306 e. The second-order valence-electron chi connectivity index (χ2n) is 18.6. The Morgan fingerprint density at radius 3 is 0.970 bits per heavy atom. The van der Waals surface area contributed by atoms with Crippen LogP contribution in [-0.2, 0) is 19.1 Å². The van der Waals surface area contributed by atoms with E-state index in [1.54, 1.807) is 0 Å². The smallest absolute Gasteiger partial charge is 0.306 e. The van der Waals surface area contributed by atoms with E-state index in [2.05, 4.69) is 111 Å². The molecule has 0 rings (SSSR count).